The molecule has 2 N–H and O–H groups in total. The molecular formula is C15H20N2O5S. The number of aryl methyl sites for hydroxylation is 1. The van der Waals surface area contributed by atoms with E-state index in [1.807, 2.05) is 0 Å². The molecule has 1 aliphatic rings. The Morgan fingerprint density at radius 1 is 1.39 bits per heavy atom. The number of nitrogens with zero attached hydrogens (tertiary/aromatic N) is 1. The fraction of sp³-hybridized carbons (Fsp3) is 0.600. The van der Waals surface area contributed by atoms with Gasteiger partial charge in [-0.1, -0.05) is 0 Å². The molecule has 0 saturated carbocycles. The van der Waals surface area contributed by atoms with Crippen molar-refractivity contribution in [2.24, 2.45) is 0 Å². The second kappa shape index (κ2) is 7.29. The van der Waals surface area contributed by atoms with Gasteiger partial charge in [-0.2, -0.15) is 0 Å². The molecule has 1 unspecified atom stereocenters. The van der Waals surface area contributed by atoms with Crippen LogP contribution in [0.1, 0.15) is 32.1 Å². The van der Waals surface area contributed by atoms with Gasteiger partial charge in [0.1, 0.15) is 10.2 Å². The van der Waals surface area contributed by atoms with Gasteiger partial charge in [-0.3, -0.25) is 13.5 Å². The molecule has 2 aromatic rings. The van der Waals surface area contributed by atoms with Crippen LogP contribution in [0.5, 0.6) is 5.75 Å². The van der Waals surface area contributed by atoms with Gasteiger partial charge in [-0.15, -0.1) is 0 Å². The first-order valence-corrected chi connectivity index (χ1v) is 8.62. The Hall–Kier alpha value is -1.64. The maximum Gasteiger partial charge on any atom is 0.274 e. The van der Waals surface area contributed by atoms with Crippen molar-refractivity contribution in [3.63, 3.8) is 0 Å². The topological polar surface area (TPSA) is 93.6 Å². The Balaban J connectivity index is 1.53. The second-order valence-corrected chi connectivity index (χ2v) is 6.61. The fourth-order valence-electron chi connectivity index (χ4n) is 2.61. The van der Waals surface area contributed by atoms with Crippen molar-refractivity contribution in [2.45, 2.75) is 44.9 Å². The summed E-state index contributed by atoms with van der Waals surface area (Å²) in [5, 5.41) is 9.43. The molecular weight excluding hydrogens is 320 g/mol. The van der Waals surface area contributed by atoms with Gasteiger partial charge in [0.15, 0.2) is 12.0 Å². The van der Waals surface area contributed by atoms with Crippen molar-refractivity contribution < 1.29 is 14.6 Å². The molecule has 0 aromatic carbocycles. The number of aromatic nitrogens is 2. The molecule has 0 aliphatic carbocycles. The molecule has 0 radical (unpaired) electrons. The number of fused-ring (bicyclic) bond motifs is 1. The zero-order valence-electron chi connectivity index (χ0n) is 12.7. The predicted molar refractivity (Wildman–Crippen MR) is 87.1 cm³/mol. The third-order valence-corrected chi connectivity index (χ3v) is 4.94. The van der Waals surface area contributed by atoms with E-state index < -0.39 is 11.2 Å². The second-order valence-electron chi connectivity index (χ2n) is 5.58. The van der Waals surface area contributed by atoms with E-state index in [4.69, 9.17) is 9.47 Å². The molecule has 23 heavy (non-hydrogen) atoms. The summed E-state index contributed by atoms with van der Waals surface area (Å²) in [6.07, 6.45) is 5.91. The molecule has 0 bridgehead atoms. The minimum absolute atomic E-state index is 0.0295. The predicted octanol–water partition coefficient (Wildman–Crippen LogP) is 1.78. The molecule has 3 rings (SSSR count). The minimum atomic E-state index is -0.614. The van der Waals surface area contributed by atoms with E-state index in [0.717, 1.165) is 38.7 Å². The minimum Gasteiger partial charge on any atom is -0.503 e. The van der Waals surface area contributed by atoms with Crippen LogP contribution in [0.15, 0.2) is 15.8 Å². The van der Waals surface area contributed by atoms with Crippen LogP contribution >= 0.6 is 11.5 Å². The number of hydrogen-bond donors (Lipinski definition) is 2. The molecule has 1 aliphatic heterocycles. The number of unbranched alkanes of at least 4 members (excludes halogenated alkanes) is 1. The lowest BCUT2D eigenvalue weighted by atomic mass is 10.2. The summed E-state index contributed by atoms with van der Waals surface area (Å²) in [4.78, 5) is 27.3. The van der Waals surface area contributed by atoms with Crippen LogP contribution in [0.3, 0.4) is 0 Å². The monoisotopic (exact) mass is 340 g/mol. The quantitative estimate of drug-likeness (QED) is 0.782. The molecule has 1 fully saturated rings. The Morgan fingerprint density at radius 2 is 2.26 bits per heavy atom. The molecule has 1 saturated heterocycles. The highest BCUT2D eigenvalue weighted by Gasteiger charge is 2.15. The summed E-state index contributed by atoms with van der Waals surface area (Å²) in [6, 6.07) is 0. The van der Waals surface area contributed by atoms with E-state index in [1.54, 1.807) is 3.96 Å². The van der Waals surface area contributed by atoms with Gasteiger partial charge in [0.2, 0.25) is 5.43 Å². The van der Waals surface area contributed by atoms with Crippen molar-refractivity contribution in [3.8, 4) is 5.75 Å². The zero-order chi connectivity index (χ0) is 16.2. The van der Waals surface area contributed by atoms with Crippen molar-refractivity contribution >= 4 is 21.7 Å². The lowest BCUT2D eigenvalue weighted by molar-refractivity contribution is -0.162. The van der Waals surface area contributed by atoms with Crippen molar-refractivity contribution in [3.05, 3.63) is 26.8 Å². The average Bonchev–Trinajstić information content (AvgIpc) is 2.88. The van der Waals surface area contributed by atoms with Gasteiger partial charge in [-0.05, 0) is 43.6 Å². The summed E-state index contributed by atoms with van der Waals surface area (Å²) in [7, 11) is 0. The smallest absolute Gasteiger partial charge is 0.274 e. The van der Waals surface area contributed by atoms with Crippen LogP contribution in [0.2, 0.25) is 0 Å². The number of pyridine rings is 1. The maximum atomic E-state index is 12.2. The first-order chi connectivity index (χ1) is 11.2. The van der Waals surface area contributed by atoms with E-state index in [2.05, 4.69) is 4.98 Å². The first-order valence-electron chi connectivity index (χ1n) is 7.84. The van der Waals surface area contributed by atoms with Crippen LogP contribution in [-0.4, -0.2) is 33.6 Å². The summed E-state index contributed by atoms with van der Waals surface area (Å²) in [6.45, 7) is 1.90. The van der Waals surface area contributed by atoms with Gasteiger partial charge in [0, 0.05) is 26.0 Å². The van der Waals surface area contributed by atoms with Gasteiger partial charge < -0.3 is 19.6 Å². The van der Waals surface area contributed by atoms with E-state index >= 15 is 0 Å². The van der Waals surface area contributed by atoms with Crippen LogP contribution in [0.4, 0.5) is 0 Å². The molecule has 7 nitrogen and oxygen atoms in total. The van der Waals surface area contributed by atoms with Crippen molar-refractivity contribution in [1.29, 1.82) is 0 Å². The van der Waals surface area contributed by atoms with Crippen molar-refractivity contribution in [1.82, 2.24) is 8.94 Å². The first kappa shape index (κ1) is 16.2. The molecule has 2 aromatic heterocycles. The highest BCUT2D eigenvalue weighted by atomic mass is 32.1. The van der Waals surface area contributed by atoms with E-state index in [1.165, 1.54) is 17.7 Å². The standard InChI is InChI=1S/C15H20N2O5S/c18-10-9-16-14-12(13(10)19)15(20)17(23-14)6-2-4-8-22-11-5-1-3-7-21-11/h9,11,18H,1-8H2,(H,16,19). The Bertz CT molecular complexity index is 772. The highest BCUT2D eigenvalue weighted by molar-refractivity contribution is 7.13. The third kappa shape index (κ3) is 3.65. The van der Waals surface area contributed by atoms with Gasteiger partial charge in [-0.25, -0.2) is 0 Å². The Kier molecular flexibility index (Phi) is 5.14. The number of rotatable bonds is 6. The Morgan fingerprint density at radius 3 is 3.04 bits per heavy atom. The van der Waals surface area contributed by atoms with E-state index in [-0.39, 0.29) is 17.2 Å². The maximum absolute atomic E-state index is 12.2. The van der Waals surface area contributed by atoms with Gasteiger partial charge in [0.05, 0.1) is 0 Å². The number of aromatic hydroxyl groups is 1. The fourth-order valence-corrected chi connectivity index (χ4v) is 3.61. The zero-order valence-corrected chi connectivity index (χ0v) is 13.6. The van der Waals surface area contributed by atoms with Crippen LogP contribution in [0.25, 0.3) is 10.2 Å². The largest absolute Gasteiger partial charge is 0.503 e. The summed E-state index contributed by atoms with van der Waals surface area (Å²) in [5.41, 5.74) is -0.963. The molecule has 126 valence electrons. The summed E-state index contributed by atoms with van der Waals surface area (Å²) >= 11 is 1.20. The Labute approximate surface area is 136 Å². The lowest BCUT2D eigenvalue weighted by Gasteiger charge is -2.22. The number of aromatic amines is 1. The molecule has 1 atom stereocenters. The summed E-state index contributed by atoms with van der Waals surface area (Å²) < 4.78 is 12.7. The van der Waals surface area contributed by atoms with Gasteiger partial charge >= 0.3 is 0 Å². The van der Waals surface area contributed by atoms with Gasteiger partial charge in [0.25, 0.3) is 5.56 Å². The lowest BCUT2D eigenvalue weighted by Crippen LogP contribution is -2.23. The molecule has 0 amide bonds. The number of H-pyrrole nitrogens is 1. The SMILES string of the molecule is O=c1c(O)c[nH]c2sn(CCCCOC3CCCCO3)c(=O)c12. The molecule has 0 spiro atoms. The van der Waals surface area contributed by atoms with Crippen LogP contribution < -0.4 is 11.0 Å². The third-order valence-electron chi connectivity index (χ3n) is 3.87. The number of ether oxygens (including phenoxy) is 2. The molecule has 8 heteroatoms. The highest BCUT2D eigenvalue weighted by Crippen LogP contribution is 2.15. The average molecular weight is 340 g/mol. The van der Waals surface area contributed by atoms with Crippen LogP contribution in [0, 0.1) is 0 Å². The van der Waals surface area contributed by atoms with E-state index in [9.17, 15) is 14.7 Å². The summed E-state index contributed by atoms with van der Waals surface area (Å²) in [5.74, 6) is -0.430. The number of hydrogen-bond acceptors (Lipinski definition) is 6. The normalized spacial score (nSPS) is 18.5. The van der Waals surface area contributed by atoms with Crippen LogP contribution in [-0.2, 0) is 16.0 Å². The van der Waals surface area contributed by atoms with Crippen molar-refractivity contribution in [2.75, 3.05) is 13.2 Å². The molecule has 3 heterocycles. The number of nitrogens with one attached hydrogen (secondary N) is 1. The van der Waals surface area contributed by atoms with E-state index in [0.29, 0.717) is 18.0 Å².